The summed E-state index contributed by atoms with van der Waals surface area (Å²) in [7, 11) is 0. The van der Waals surface area contributed by atoms with E-state index in [0.29, 0.717) is 16.9 Å². The Bertz CT molecular complexity index is 658. The number of hydrogen-bond donors (Lipinski definition) is 1. The number of benzene rings is 2. The third kappa shape index (κ3) is 3.71. The summed E-state index contributed by atoms with van der Waals surface area (Å²) in [6.07, 6.45) is -0.645. The summed E-state index contributed by atoms with van der Waals surface area (Å²) in [5.74, 6) is 0.557. The number of hydrogen-bond acceptors (Lipinski definition) is 4. The zero-order chi connectivity index (χ0) is 15.4. The van der Waals surface area contributed by atoms with E-state index in [1.165, 1.54) is 12.1 Å². The summed E-state index contributed by atoms with van der Waals surface area (Å²) < 4.78 is 5.65. The lowest BCUT2D eigenvalue weighted by Crippen LogP contribution is -2.01. The first-order chi connectivity index (χ1) is 9.99. The Hall–Kier alpha value is -2.11. The molecule has 0 aliphatic heterocycles. The van der Waals surface area contributed by atoms with Crippen LogP contribution < -0.4 is 4.74 Å². The van der Waals surface area contributed by atoms with E-state index < -0.39 is 11.0 Å². The number of halogens is 1. The average molecular weight is 308 g/mol. The quantitative estimate of drug-likeness (QED) is 0.672. The lowest BCUT2D eigenvalue weighted by molar-refractivity contribution is -0.384. The summed E-state index contributed by atoms with van der Waals surface area (Å²) in [6.45, 7) is 1.82. The summed E-state index contributed by atoms with van der Waals surface area (Å²) >= 11 is 6.01. The molecule has 21 heavy (non-hydrogen) atoms. The Morgan fingerprint density at radius 1 is 1.33 bits per heavy atom. The van der Waals surface area contributed by atoms with Crippen LogP contribution in [0.5, 0.6) is 5.75 Å². The predicted molar refractivity (Wildman–Crippen MR) is 79.5 cm³/mol. The Morgan fingerprint density at radius 2 is 2.05 bits per heavy atom. The van der Waals surface area contributed by atoms with E-state index in [4.69, 9.17) is 16.3 Å². The molecule has 0 fully saturated rings. The van der Waals surface area contributed by atoms with Gasteiger partial charge in [0.05, 0.1) is 16.0 Å². The van der Waals surface area contributed by atoms with Gasteiger partial charge in [-0.3, -0.25) is 10.1 Å². The van der Waals surface area contributed by atoms with E-state index in [1.807, 2.05) is 6.07 Å². The number of rotatable bonds is 5. The molecule has 0 radical (unpaired) electrons. The second-order valence-corrected chi connectivity index (χ2v) is 4.94. The number of nitro groups is 1. The number of nitro benzene ring substituents is 1. The molecule has 110 valence electrons. The molecule has 0 amide bonds. The monoisotopic (exact) mass is 307 g/mol. The first-order valence-corrected chi connectivity index (χ1v) is 6.69. The van der Waals surface area contributed by atoms with Gasteiger partial charge in [0, 0.05) is 23.3 Å². The Balaban J connectivity index is 2.15. The molecule has 0 spiro atoms. The highest BCUT2D eigenvalue weighted by atomic mass is 35.5. The summed E-state index contributed by atoms with van der Waals surface area (Å²) in [5, 5.41) is 20.6. The minimum Gasteiger partial charge on any atom is -0.488 e. The third-order valence-electron chi connectivity index (χ3n) is 3.00. The fraction of sp³-hybridized carbons (Fsp3) is 0.200. The Kier molecular flexibility index (Phi) is 4.77. The smallest absolute Gasteiger partial charge is 0.270 e. The zero-order valence-corrected chi connectivity index (χ0v) is 12.1. The number of aliphatic hydroxyl groups is 1. The van der Waals surface area contributed by atoms with Gasteiger partial charge in [0.25, 0.3) is 5.69 Å². The predicted octanol–water partition coefficient (Wildman–Crippen LogP) is 3.88. The highest BCUT2D eigenvalue weighted by Crippen LogP contribution is 2.27. The van der Waals surface area contributed by atoms with Crippen molar-refractivity contribution in [2.45, 2.75) is 19.6 Å². The van der Waals surface area contributed by atoms with Crippen LogP contribution in [0.1, 0.15) is 24.2 Å². The molecule has 2 aromatic carbocycles. The molecule has 0 aliphatic rings. The maximum atomic E-state index is 10.7. The van der Waals surface area contributed by atoms with Crippen molar-refractivity contribution >= 4 is 17.3 Å². The second-order valence-electron chi connectivity index (χ2n) is 4.54. The maximum Gasteiger partial charge on any atom is 0.270 e. The fourth-order valence-electron chi connectivity index (χ4n) is 1.88. The Labute approximate surface area is 126 Å². The van der Waals surface area contributed by atoms with Gasteiger partial charge in [0.1, 0.15) is 12.4 Å². The molecular formula is C15H14ClNO4. The largest absolute Gasteiger partial charge is 0.488 e. The average Bonchev–Trinajstić information content (AvgIpc) is 2.46. The van der Waals surface area contributed by atoms with Crippen LogP contribution in [-0.4, -0.2) is 10.0 Å². The van der Waals surface area contributed by atoms with Crippen molar-refractivity contribution in [2.24, 2.45) is 0 Å². The molecule has 1 N–H and O–H groups in total. The lowest BCUT2D eigenvalue weighted by atomic mass is 10.1. The van der Waals surface area contributed by atoms with Gasteiger partial charge in [-0.15, -0.1) is 0 Å². The molecule has 2 rings (SSSR count). The molecular weight excluding hydrogens is 294 g/mol. The Morgan fingerprint density at radius 3 is 2.67 bits per heavy atom. The molecule has 0 aliphatic carbocycles. The van der Waals surface area contributed by atoms with Crippen molar-refractivity contribution < 1.29 is 14.8 Å². The maximum absolute atomic E-state index is 10.7. The van der Waals surface area contributed by atoms with Gasteiger partial charge in [0.15, 0.2) is 0 Å². The summed E-state index contributed by atoms with van der Waals surface area (Å²) in [4.78, 5) is 10.2. The van der Waals surface area contributed by atoms with Gasteiger partial charge in [-0.05, 0) is 19.1 Å². The number of non-ortho nitro benzene ring substituents is 1. The molecule has 2 aromatic rings. The zero-order valence-electron chi connectivity index (χ0n) is 11.3. The van der Waals surface area contributed by atoms with Crippen molar-refractivity contribution in [3.8, 4) is 5.75 Å². The van der Waals surface area contributed by atoms with Gasteiger partial charge in [-0.25, -0.2) is 0 Å². The molecule has 0 saturated carbocycles. The van der Waals surface area contributed by atoms with Crippen LogP contribution in [0.4, 0.5) is 5.69 Å². The van der Waals surface area contributed by atoms with Crippen LogP contribution >= 0.6 is 11.6 Å². The van der Waals surface area contributed by atoms with E-state index >= 15 is 0 Å². The van der Waals surface area contributed by atoms with Gasteiger partial charge < -0.3 is 9.84 Å². The first kappa shape index (κ1) is 15.3. The van der Waals surface area contributed by atoms with Gasteiger partial charge >= 0.3 is 0 Å². The molecule has 0 saturated heterocycles. The van der Waals surface area contributed by atoms with Crippen LogP contribution in [0.2, 0.25) is 5.02 Å². The molecule has 1 atom stereocenters. The van der Waals surface area contributed by atoms with Crippen LogP contribution in [0.3, 0.4) is 0 Å². The number of ether oxygens (including phenoxy) is 1. The highest BCUT2D eigenvalue weighted by Gasteiger charge is 2.12. The number of aliphatic hydroxyl groups excluding tert-OH is 1. The number of nitrogens with zero attached hydrogens (tertiary/aromatic N) is 1. The van der Waals surface area contributed by atoms with Crippen molar-refractivity contribution in [3.05, 3.63) is 68.7 Å². The molecule has 0 bridgehead atoms. The topological polar surface area (TPSA) is 72.6 Å². The number of para-hydroxylation sites is 1. The van der Waals surface area contributed by atoms with E-state index in [-0.39, 0.29) is 17.3 Å². The normalized spacial score (nSPS) is 12.0. The molecule has 1 unspecified atom stereocenters. The standard InChI is InChI=1S/C15H14ClNO4/c1-10(18)13-4-2-3-5-15(13)21-9-11-6-7-12(17(19)20)8-14(11)16/h2-8,10,18H,9H2,1H3. The van der Waals surface area contributed by atoms with Crippen LogP contribution in [0.25, 0.3) is 0 Å². The third-order valence-corrected chi connectivity index (χ3v) is 3.35. The van der Waals surface area contributed by atoms with Gasteiger partial charge in [-0.2, -0.15) is 0 Å². The van der Waals surface area contributed by atoms with Crippen molar-refractivity contribution in [1.82, 2.24) is 0 Å². The van der Waals surface area contributed by atoms with Crippen LogP contribution in [0, 0.1) is 10.1 Å². The lowest BCUT2D eigenvalue weighted by Gasteiger charge is -2.13. The van der Waals surface area contributed by atoms with Crippen molar-refractivity contribution in [3.63, 3.8) is 0 Å². The van der Waals surface area contributed by atoms with Crippen LogP contribution in [-0.2, 0) is 6.61 Å². The first-order valence-electron chi connectivity index (χ1n) is 6.31. The molecule has 6 heteroatoms. The molecule has 0 heterocycles. The van der Waals surface area contributed by atoms with E-state index in [0.717, 1.165) is 0 Å². The van der Waals surface area contributed by atoms with Crippen molar-refractivity contribution in [1.29, 1.82) is 0 Å². The van der Waals surface area contributed by atoms with E-state index in [9.17, 15) is 15.2 Å². The van der Waals surface area contributed by atoms with Crippen molar-refractivity contribution in [2.75, 3.05) is 0 Å². The summed E-state index contributed by atoms with van der Waals surface area (Å²) in [6, 6.07) is 11.4. The minimum absolute atomic E-state index is 0.0619. The van der Waals surface area contributed by atoms with E-state index in [1.54, 1.807) is 31.2 Å². The summed E-state index contributed by atoms with van der Waals surface area (Å²) in [5.41, 5.74) is 1.26. The highest BCUT2D eigenvalue weighted by molar-refractivity contribution is 6.31. The second kappa shape index (κ2) is 6.56. The molecule has 5 nitrogen and oxygen atoms in total. The fourth-order valence-corrected chi connectivity index (χ4v) is 2.11. The van der Waals surface area contributed by atoms with Crippen LogP contribution in [0.15, 0.2) is 42.5 Å². The van der Waals surface area contributed by atoms with Gasteiger partial charge in [0.2, 0.25) is 0 Å². The SMILES string of the molecule is CC(O)c1ccccc1OCc1ccc([N+](=O)[O-])cc1Cl. The minimum atomic E-state index is -0.645. The molecule has 0 aromatic heterocycles. The van der Waals surface area contributed by atoms with Gasteiger partial charge in [-0.1, -0.05) is 29.8 Å². The van der Waals surface area contributed by atoms with E-state index in [2.05, 4.69) is 0 Å².